The Bertz CT molecular complexity index is 563. The fourth-order valence-corrected chi connectivity index (χ4v) is 3.19. The molecule has 6 heteroatoms. The highest BCUT2D eigenvalue weighted by Gasteiger charge is 2.35. The van der Waals surface area contributed by atoms with Crippen LogP contribution < -0.4 is 0 Å². The molecule has 0 atom stereocenters. The molecule has 4 nitrogen and oxygen atoms in total. The van der Waals surface area contributed by atoms with E-state index < -0.39 is 0 Å². The van der Waals surface area contributed by atoms with E-state index in [4.69, 9.17) is 0 Å². The van der Waals surface area contributed by atoms with Gasteiger partial charge in [0.25, 0.3) is 5.91 Å². The molecule has 1 aromatic carbocycles. The molecule has 0 unspecified atom stereocenters. The number of rotatable bonds is 2. The molecule has 0 aliphatic carbocycles. The van der Waals surface area contributed by atoms with E-state index in [9.17, 15) is 15.2 Å². The highest BCUT2D eigenvalue weighted by Crippen LogP contribution is 2.34. The Kier molecular flexibility index (Phi) is 4.61. The number of carbonyl (C=O) groups is 1. The lowest BCUT2D eigenvalue weighted by atomic mass is 9.96. The number of piperidine rings is 1. The van der Waals surface area contributed by atoms with Gasteiger partial charge in [-0.2, -0.15) is 5.26 Å². The van der Waals surface area contributed by atoms with E-state index in [1.165, 1.54) is 6.07 Å². The van der Waals surface area contributed by atoms with Gasteiger partial charge in [0.1, 0.15) is 10.5 Å². The number of hydrogen-bond acceptors (Lipinski definition) is 4. The Morgan fingerprint density at radius 1 is 1.50 bits per heavy atom. The molecule has 0 aromatic heterocycles. The quantitative estimate of drug-likeness (QED) is 0.886. The third-order valence-corrected chi connectivity index (χ3v) is 5.60. The number of thioether (sulfide) groups is 1. The van der Waals surface area contributed by atoms with Gasteiger partial charge in [0.2, 0.25) is 0 Å². The average Bonchev–Trinajstić information content (AvgIpc) is 2.49. The zero-order valence-electron chi connectivity index (χ0n) is 11.1. The first-order chi connectivity index (χ1) is 9.51. The number of nitrogens with zero attached hydrogens (tertiary/aromatic N) is 2. The third kappa shape index (κ3) is 2.94. The molecule has 0 spiro atoms. The molecule has 0 saturated carbocycles. The standard InChI is InChI=1S/C14H15BrN2O2S/c1-20-14(9-16)4-6-17(7-5-14)13(19)10-2-3-11(15)12(18)8-10/h2-3,8,18H,4-7H2,1H3. The van der Waals surface area contributed by atoms with Crippen LogP contribution >= 0.6 is 27.7 Å². The van der Waals surface area contributed by atoms with Gasteiger partial charge in [-0.3, -0.25) is 4.79 Å². The number of phenolic OH excluding ortho intramolecular Hbond substituents is 1. The Balaban J connectivity index is 2.09. The summed E-state index contributed by atoms with van der Waals surface area (Å²) in [4.78, 5) is 14.1. The third-order valence-electron chi connectivity index (χ3n) is 3.65. The highest BCUT2D eigenvalue weighted by atomic mass is 79.9. The molecule has 106 valence electrons. The van der Waals surface area contributed by atoms with E-state index in [0.717, 1.165) is 0 Å². The average molecular weight is 355 g/mol. The smallest absolute Gasteiger partial charge is 0.253 e. The molecule has 0 bridgehead atoms. The van der Waals surface area contributed by atoms with Gasteiger partial charge < -0.3 is 10.0 Å². The maximum atomic E-state index is 12.4. The second-order valence-corrected chi connectivity index (χ2v) is 6.81. The summed E-state index contributed by atoms with van der Waals surface area (Å²) in [6.45, 7) is 1.15. The lowest BCUT2D eigenvalue weighted by molar-refractivity contribution is 0.0716. The molecule has 1 heterocycles. The van der Waals surface area contributed by atoms with Crippen LogP contribution in [0, 0.1) is 11.3 Å². The molecule has 1 amide bonds. The molecular weight excluding hydrogens is 340 g/mol. The molecule has 1 fully saturated rings. The largest absolute Gasteiger partial charge is 0.507 e. The van der Waals surface area contributed by atoms with Crippen LogP contribution in [0.1, 0.15) is 23.2 Å². The fraction of sp³-hybridized carbons (Fsp3) is 0.429. The van der Waals surface area contributed by atoms with Crippen LogP contribution in [-0.4, -0.2) is 40.0 Å². The van der Waals surface area contributed by atoms with E-state index in [2.05, 4.69) is 22.0 Å². The molecular formula is C14H15BrN2O2S. The molecule has 2 rings (SSSR count). The number of hydrogen-bond donors (Lipinski definition) is 1. The van der Waals surface area contributed by atoms with Gasteiger partial charge in [-0.05, 0) is 53.2 Å². The lowest BCUT2D eigenvalue weighted by Gasteiger charge is -2.36. The van der Waals surface area contributed by atoms with Crippen molar-refractivity contribution in [2.75, 3.05) is 19.3 Å². The molecule has 1 N–H and O–H groups in total. The van der Waals surface area contributed by atoms with Gasteiger partial charge in [-0.25, -0.2) is 0 Å². The number of benzene rings is 1. The Labute approximate surface area is 130 Å². The number of halogens is 1. The number of likely N-dealkylation sites (tertiary alicyclic amines) is 1. The van der Waals surface area contributed by atoms with Gasteiger partial charge in [-0.15, -0.1) is 11.8 Å². The predicted molar refractivity (Wildman–Crippen MR) is 82.8 cm³/mol. The molecule has 1 aromatic rings. The molecule has 1 aliphatic rings. The topological polar surface area (TPSA) is 64.3 Å². The summed E-state index contributed by atoms with van der Waals surface area (Å²) in [7, 11) is 0. The first-order valence-electron chi connectivity index (χ1n) is 6.25. The zero-order chi connectivity index (χ0) is 14.8. The maximum Gasteiger partial charge on any atom is 0.253 e. The number of carbonyl (C=O) groups excluding carboxylic acids is 1. The van der Waals surface area contributed by atoms with E-state index in [0.29, 0.717) is 36.0 Å². The van der Waals surface area contributed by atoms with Crippen molar-refractivity contribution in [1.82, 2.24) is 4.90 Å². The van der Waals surface area contributed by atoms with Crippen molar-refractivity contribution >= 4 is 33.6 Å². The van der Waals surface area contributed by atoms with E-state index in [-0.39, 0.29) is 16.4 Å². The second-order valence-electron chi connectivity index (χ2n) is 4.77. The van der Waals surface area contributed by atoms with Gasteiger partial charge in [-0.1, -0.05) is 0 Å². The molecule has 20 heavy (non-hydrogen) atoms. The molecule has 1 aliphatic heterocycles. The van der Waals surface area contributed by atoms with E-state index in [1.54, 1.807) is 28.8 Å². The molecule has 1 saturated heterocycles. The van der Waals surface area contributed by atoms with Crippen LogP contribution in [0.15, 0.2) is 22.7 Å². The summed E-state index contributed by atoms with van der Waals surface area (Å²) in [6, 6.07) is 7.18. The van der Waals surface area contributed by atoms with Crippen molar-refractivity contribution in [1.29, 1.82) is 5.26 Å². The van der Waals surface area contributed by atoms with Crippen LogP contribution in [0.4, 0.5) is 0 Å². The van der Waals surface area contributed by atoms with Gasteiger partial charge in [0.05, 0.1) is 10.5 Å². The highest BCUT2D eigenvalue weighted by molar-refractivity contribution is 9.10. The zero-order valence-corrected chi connectivity index (χ0v) is 13.5. The Hall–Kier alpha value is -1.19. The minimum Gasteiger partial charge on any atom is -0.507 e. The number of phenols is 1. The van der Waals surface area contributed by atoms with Crippen LogP contribution in [0.3, 0.4) is 0 Å². The maximum absolute atomic E-state index is 12.4. The van der Waals surface area contributed by atoms with Crippen molar-refractivity contribution in [3.63, 3.8) is 0 Å². The van der Waals surface area contributed by atoms with Crippen molar-refractivity contribution in [3.8, 4) is 11.8 Å². The SMILES string of the molecule is CSC1(C#N)CCN(C(=O)c2ccc(Br)c(O)c2)CC1. The first-order valence-corrected chi connectivity index (χ1v) is 8.27. The number of amides is 1. The molecule has 0 radical (unpaired) electrons. The summed E-state index contributed by atoms with van der Waals surface area (Å²) in [6.07, 6.45) is 3.30. The Morgan fingerprint density at radius 3 is 2.65 bits per heavy atom. The Morgan fingerprint density at radius 2 is 2.15 bits per heavy atom. The summed E-state index contributed by atoms with van der Waals surface area (Å²) >= 11 is 4.76. The second kappa shape index (κ2) is 6.06. The van der Waals surface area contributed by atoms with Crippen molar-refractivity contribution in [3.05, 3.63) is 28.2 Å². The van der Waals surface area contributed by atoms with Crippen molar-refractivity contribution in [2.24, 2.45) is 0 Å². The van der Waals surface area contributed by atoms with Crippen LogP contribution in [0.2, 0.25) is 0 Å². The fourth-order valence-electron chi connectivity index (χ4n) is 2.26. The monoisotopic (exact) mass is 354 g/mol. The van der Waals surface area contributed by atoms with Gasteiger partial charge in [0.15, 0.2) is 0 Å². The van der Waals surface area contributed by atoms with Crippen molar-refractivity contribution in [2.45, 2.75) is 17.6 Å². The van der Waals surface area contributed by atoms with Crippen molar-refractivity contribution < 1.29 is 9.90 Å². The normalized spacial score (nSPS) is 17.6. The summed E-state index contributed by atoms with van der Waals surface area (Å²) in [5.41, 5.74) is 0.472. The van der Waals surface area contributed by atoms with E-state index in [1.807, 2.05) is 6.26 Å². The van der Waals surface area contributed by atoms with Gasteiger partial charge >= 0.3 is 0 Å². The summed E-state index contributed by atoms with van der Waals surface area (Å²) < 4.78 is 0.206. The minimum absolute atomic E-state index is 0.0587. The summed E-state index contributed by atoms with van der Waals surface area (Å²) in [5.74, 6) is -0.0382. The summed E-state index contributed by atoms with van der Waals surface area (Å²) in [5, 5.41) is 18.9. The van der Waals surface area contributed by atoms with E-state index >= 15 is 0 Å². The van der Waals surface area contributed by atoms with Crippen LogP contribution in [0.5, 0.6) is 5.75 Å². The number of aromatic hydroxyl groups is 1. The number of nitriles is 1. The minimum atomic E-state index is -0.362. The van der Waals surface area contributed by atoms with Crippen LogP contribution in [0.25, 0.3) is 0 Å². The van der Waals surface area contributed by atoms with Crippen LogP contribution in [-0.2, 0) is 0 Å². The predicted octanol–water partition coefficient (Wildman–Crippen LogP) is 3.02. The lowest BCUT2D eigenvalue weighted by Crippen LogP contribution is -2.44. The van der Waals surface area contributed by atoms with Gasteiger partial charge in [0, 0.05) is 18.7 Å². The first kappa shape index (κ1) is 15.2.